The van der Waals surface area contributed by atoms with Crippen LogP contribution in [0.25, 0.3) is 0 Å². The van der Waals surface area contributed by atoms with Crippen molar-refractivity contribution in [2.24, 2.45) is 0 Å². The van der Waals surface area contributed by atoms with E-state index < -0.39 is 6.10 Å². The van der Waals surface area contributed by atoms with Crippen LogP contribution in [-0.4, -0.2) is 30.4 Å². The Hall–Kier alpha value is -1.91. The summed E-state index contributed by atoms with van der Waals surface area (Å²) in [5, 5.41) is 9.87. The molecule has 0 aliphatic carbocycles. The zero-order valence-electron chi connectivity index (χ0n) is 20.1. The highest BCUT2D eigenvalue weighted by Gasteiger charge is 2.09. The fourth-order valence-corrected chi connectivity index (χ4v) is 3.28. The molecule has 32 heavy (non-hydrogen) atoms. The Morgan fingerprint density at radius 3 is 2.25 bits per heavy atom. The van der Waals surface area contributed by atoms with Crippen molar-refractivity contribution in [1.82, 2.24) is 0 Å². The summed E-state index contributed by atoms with van der Waals surface area (Å²) in [6, 6.07) is 9.79. The summed E-state index contributed by atoms with van der Waals surface area (Å²) in [7, 11) is 0. The Labute approximate surface area is 195 Å². The van der Waals surface area contributed by atoms with Crippen LogP contribution in [0.1, 0.15) is 89.5 Å². The number of hydrogen-bond donors (Lipinski definition) is 1. The second-order valence-corrected chi connectivity index (χ2v) is 8.32. The third kappa shape index (κ3) is 17.7. The largest absolute Gasteiger partial charge is 0.463 e. The molecule has 1 rings (SSSR count). The van der Waals surface area contributed by atoms with Crippen LogP contribution in [-0.2, 0) is 20.9 Å². The molecule has 4 nitrogen and oxygen atoms in total. The first-order chi connectivity index (χ1) is 15.7. The maximum Gasteiger partial charge on any atom is 0.305 e. The van der Waals surface area contributed by atoms with Gasteiger partial charge in [-0.1, -0.05) is 93.7 Å². The normalized spacial score (nSPS) is 12.6. The number of allylic oxidation sites excluding steroid dienone is 4. The summed E-state index contributed by atoms with van der Waals surface area (Å²) in [5.41, 5.74) is 1.05. The maximum atomic E-state index is 11.8. The van der Waals surface area contributed by atoms with E-state index in [4.69, 9.17) is 9.47 Å². The van der Waals surface area contributed by atoms with Crippen LogP contribution in [0, 0.1) is 0 Å². The third-order valence-corrected chi connectivity index (χ3v) is 5.19. The van der Waals surface area contributed by atoms with Crippen molar-refractivity contribution in [2.75, 3.05) is 13.2 Å². The van der Waals surface area contributed by atoms with Gasteiger partial charge in [0.15, 0.2) is 0 Å². The van der Waals surface area contributed by atoms with Crippen LogP contribution in [0.5, 0.6) is 0 Å². The van der Waals surface area contributed by atoms with Gasteiger partial charge in [0, 0.05) is 6.42 Å². The number of benzene rings is 1. The standard InChI is InChI=1S/C28H44O4/c1-2-3-4-5-6-7-8-9-10-11-12-13-14-15-19-22-28(30)32-25-27(29)24-31-23-26-20-17-16-18-21-26/h6-7,9-10,16-18,20-21,27,29H,2-5,8,11-15,19,22-25H2,1H3/b7-6-,10-9-/t27-/m1/s1. The van der Waals surface area contributed by atoms with E-state index in [9.17, 15) is 9.90 Å². The molecule has 1 atom stereocenters. The molecule has 0 aromatic heterocycles. The lowest BCUT2D eigenvalue weighted by Gasteiger charge is -2.12. The molecule has 0 fully saturated rings. The molecule has 4 heteroatoms. The number of carbonyl (C=O) groups excluding carboxylic acids is 1. The van der Waals surface area contributed by atoms with E-state index in [0.717, 1.165) is 37.7 Å². The summed E-state index contributed by atoms with van der Waals surface area (Å²) in [5.74, 6) is -0.238. The number of aliphatic hydroxyl groups is 1. The first-order valence-corrected chi connectivity index (χ1v) is 12.5. The number of aliphatic hydroxyl groups excluding tert-OH is 1. The van der Waals surface area contributed by atoms with Crippen LogP contribution in [0.4, 0.5) is 0 Å². The van der Waals surface area contributed by atoms with E-state index in [1.54, 1.807) is 0 Å². The van der Waals surface area contributed by atoms with Crippen molar-refractivity contribution < 1.29 is 19.4 Å². The van der Waals surface area contributed by atoms with Crippen molar-refractivity contribution in [3.05, 3.63) is 60.2 Å². The van der Waals surface area contributed by atoms with Crippen molar-refractivity contribution in [3.8, 4) is 0 Å². The van der Waals surface area contributed by atoms with Gasteiger partial charge in [0.1, 0.15) is 12.7 Å². The summed E-state index contributed by atoms with van der Waals surface area (Å²) in [6.07, 6.45) is 21.5. The van der Waals surface area contributed by atoms with Gasteiger partial charge in [-0.25, -0.2) is 0 Å². The quantitative estimate of drug-likeness (QED) is 0.135. The molecular formula is C28H44O4. The number of rotatable bonds is 20. The minimum Gasteiger partial charge on any atom is -0.463 e. The summed E-state index contributed by atoms with van der Waals surface area (Å²) in [4.78, 5) is 11.8. The van der Waals surface area contributed by atoms with E-state index in [0.29, 0.717) is 13.0 Å². The lowest BCUT2D eigenvalue weighted by molar-refractivity contribution is -0.148. The number of ether oxygens (including phenoxy) is 2. The first-order valence-electron chi connectivity index (χ1n) is 12.5. The summed E-state index contributed by atoms with van der Waals surface area (Å²) < 4.78 is 10.6. The van der Waals surface area contributed by atoms with Crippen LogP contribution < -0.4 is 0 Å². The van der Waals surface area contributed by atoms with Gasteiger partial charge in [-0.3, -0.25) is 4.79 Å². The van der Waals surface area contributed by atoms with E-state index in [2.05, 4.69) is 31.2 Å². The van der Waals surface area contributed by atoms with Gasteiger partial charge >= 0.3 is 5.97 Å². The summed E-state index contributed by atoms with van der Waals surface area (Å²) >= 11 is 0. The van der Waals surface area contributed by atoms with Crippen LogP contribution in [0.15, 0.2) is 54.6 Å². The monoisotopic (exact) mass is 444 g/mol. The minimum atomic E-state index is -0.785. The average molecular weight is 445 g/mol. The molecule has 0 aliphatic heterocycles. The molecule has 0 saturated carbocycles. The number of hydrogen-bond acceptors (Lipinski definition) is 4. The summed E-state index contributed by atoms with van der Waals surface area (Å²) in [6.45, 7) is 2.83. The molecule has 180 valence electrons. The molecule has 0 heterocycles. The van der Waals surface area contributed by atoms with Gasteiger partial charge in [-0.15, -0.1) is 0 Å². The fourth-order valence-electron chi connectivity index (χ4n) is 3.28. The Morgan fingerprint density at radius 2 is 1.53 bits per heavy atom. The van der Waals surface area contributed by atoms with Gasteiger partial charge in [-0.05, 0) is 44.1 Å². The predicted molar refractivity (Wildman–Crippen MR) is 132 cm³/mol. The lowest BCUT2D eigenvalue weighted by atomic mass is 10.1. The molecule has 0 radical (unpaired) electrons. The molecule has 0 amide bonds. The zero-order valence-corrected chi connectivity index (χ0v) is 20.1. The van der Waals surface area contributed by atoms with Gasteiger partial charge in [-0.2, -0.15) is 0 Å². The van der Waals surface area contributed by atoms with E-state index in [1.807, 2.05) is 30.3 Å². The van der Waals surface area contributed by atoms with Crippen LogP contribution in [0.3, 0.4) is 0 Å². The number of esters is 1. The molecule has 1 aromatic rings. The Morgan fingerprint density at radius 1 is 0.875 bits per heavy atom. The number of unbranched alkanes of at least 4 members (excludes halogenated alkanes) is 8. The molecule has 0 aliphatic rings. The van der Waals surface area contributed by atoms with Gasteiger partial charge in [0.2, 0.25) is 0 Å². The van der Waals surface area contributed by atoms with Crippen molar-refractivity contribution in [3.63, 3.8) is 0 Å². The number of carbonyl (C=O) groups is 1. The van der Waals surface area contributed by atoms with Crippen molar-refractivity contribution in [2.45, 2.75) is 96.7 Å². The second kappa shape index (κ2) is 21.0. The van der Waals surface area contributed by atoms with Gasteiger partial charge < -0.3 is 14.6 Å². The van der Waals surface area contributed by atoms with Gasteiger partial charge in [0.25, 0.3) is 0 Å². The Balaban J connectivity index is 1.87. The fraction of sp³-hybridized carbons (Fsp3) is 0.607. The van der Waals surface area contributed by atoms with Crippen LogP contribution >= 0.6 is 0 Å². The molecule has 0 saturated heterocycles. The van der Waals surface area contributed by atoms with Crippen molar-refractivity contribution >= 4 is 5.97 Å². The SMILES string of the molecule is CCCCC/C=C\C/C=C\CCCCCCCC(=O)OC[C@H](O)COCc1ccccc1. The van der Waals surface area contributed by atoms with Gasteiger partial charge in [0.05, 0.1) is 13.2 Å². The third-order valence-electron chi connectivity index (χ3n) is 5.19. The second-order valence-electron chi connectivity index (χ2n) is 8.32. The molecule has 0 unspecified atom stereocenters. The van der Waals surface area contributed by atoms with Crippen LogP contribution in [0.2, 0.25) is 0 Å². The Kier molecular flexibility index (Phi) is 18.4. The van der Waals surface area contributed by atoms with E-state index in [1.165, 1.54) is 38.5 Å². The Bertz CT molecular complexity index is 609. The average Bonchev–Trinajstić information content (AvgIpc) is 2.81. The zero-order chi connectivity index (χ0) is 23.1. The van der Waals surface area contributed by atoms with Crippen molar-refractivity contribution in [1.29, 1.82) is 0 Å². The highest BCUT2D eigenvalue weighted by Crippen LogP contribution is 2.09. The highest BCUT2D eigenvalue weighted by molar-refractivity contribution is 5.69. The smallest absolute Gasteiger partial charge is 0.305 e. The molecular weight excluding hydrogens is 400 g/mol. The lowest BCUT2D eigenvalue weighted by Crippen LogP contribution is -2.23. The minimum absolute atomic E-state index is 0.00607. The predicted octanol–water partition coefficient (Wildman–Crippen LogP) is 6.92. The topological polar surface area (TPSA) is 55.8 Å². The molecule has 1 N–H and O–H groups in total. The molecule has 0 spiro atoms. The van der Waals surface area contributed by atoms with E-state index >= 15 is 0 Å². The maximum absolute atomic E-state index is 11.8. The van der Waals surface area contributed by atoms with E-state index in [-0.39, 0.29) is 19.2 Å². The molecule has 0 bridgehead atoms. The molecule has 1 aromatic carbocycles. The highest BCUT2D eigenvalue weighted by atomic mass is 16.5. The first kappa shape index (κ1) is 28.1.